The monoisotopic (exact) mass is 328 g/mol. The maximum atomic E-state index is 12.9. The van der Waals surface area contributed by atoms with Crippen LogP contribution in [0.2, 0.25) is 0 Å². The largest absolute Gasteiger partial charge is 0.451 e. The van der Waals surface area contributed by atoms with Crippen molar-refractivity contribution in [2.75, 3.05) is 0 Å². The number of oxazole rings is 2. The molecule has 7 heteroatoms. The van der Waals surface area contributed by atoms with Crippen molar-refractivity contribution in [3.63, 3.8) is 0 Å². The summed E-state index contributed by atoms with van der Waals surface area (Å²) in [7, 11) is 0. The highest BCUT2D eigenvalue weighted by atomic mass is 19.1. The standard InChI is InChI=1S/C17H13FN2O4/c18-12-5-3-10(4-6-12)14-7-19-15(24-14)9-23-17(21)13-8-22-16(20-13)11-1-2-11/h3-8,11H,1-2,9H2. The molecule has 6 nitrogen and oxygen atoms in total. The summed E-state index contributed by atoms with van der Waals surface area (Å²) in [4.78, 5) is 20.1. The van der Waals surface area contributed by atoms with Crippen molar-refractivity contribution in [3.05, 3.63) is 60.0 Å². The van der Waals surface area contributed by atoms with Crippen LogP contribution in [-0.4, -0.2) is 15.9 Å². The molecule has 0 atom stereocenters. The Morgan fingerprint density at radius 1 is 1.29 bits per heavy atom. The van der Waals surface area contributed by atoms with Gasteiger partial charge in [-0.15, -0.1) is 0 Å². The fourth-order valence-corrected chi connectivity index (χ4v) is 2.22. The van der Waals surface area contributed by atoms with E-state index >= 15 is 0 Å². The Bertz CT molecular complexity index is 865. The van der Waals surface area contributed by atoms with Gasteiger partial charge in [-0.2, -0.15) is 0 Å². The van der Waals surface area contributed by atoms with Gasteiger partial charge in [-0.25, -0.2) is 19.2 Å². The van der Waals surface area contributed by atoms with Crippen molar-refractivity contribution in [2.24, 2.45) is 0 Å². The fourth-order valence-electron chi connectivity index (χ4n) is 2.22. The van der Waals surface area contributed by atoms with E-state index in [0.717, 1.165) is 12.8 Å². The van der Waals surface area contributed by atoms with E-state index in [4.69, 9.17) is 13.6 Å². The van der Waals surface area contributed by atoms with Crippen molar-refractivity contribution in [1.29, 1.82) is 0 Å². The average Bonchev–Trinajstić information content (AvgIpc) is 3.13. The number of carbonyl (C=O) groups excluding carboxylic acids is 1. The van der Waals surface area contributed by atoms with E-state index in [1.807, 2.05) is 0 Å². The third-order valence-electron chi connectivity index (χ3n) is 3.67. The number of rotatable bonds is 5. The second-order valence-electron chi connectivity index (χ2n) is 5.55. The molecule has 0 saturated heterocycles. The zero-order valence-electron chi connectivity index (χ0n) is 12.6. The lowest BCUT2D eigenvalue weighted by Gasteiger charge is -1.99. The van der Waals surface area contributed by atoms with E-state index in [9.17, 15) is 9.18 Å². The lowest BCUT2D eigenvalue weighted by atomic mass is 10.2. The third kappa shape index (κ3) is 3.05. The predicted molar refractivity (Wildman–Crippen MR) is 79.5 cm³/mol. The highest BCUT2D eigenvalue weighted by Crippen LogP contribution is 2.39. The first kappa shape index (κ1) is 14.6. The SMILES string of the molecule is O=C(OCc1ncc(-c2ccc(F)cc2)o1)c1coc(C2CC2)n1. The Kier molecular flexibility index (Phi) is 3.60. The number of hydrogen-bond acceptors (Lipinski definition) is 6. The van der Waals surface area contributed by atoms with Crippen molar-refractivity contribution < 1.29 is 22.8 Å². The molecule has 1 aromatic carbocycles. The Balaban J connectivity index is 1.38. The minimum absolute atomic E-state index is 0.119. The molecule has 0 N–H and O–H groups in total. The number of hydrogen-bond donors (Lipinski definition) is 0. The first-order valence-electron chi connectivity index (χ1n) is 7.52. The Morgan fingerprint density at radius 3 is 2.83 bits per heavy atom. The molecular weight excluding hydrogens is 315 g/mol. The van der Waals surface area contributed by atoms with Crippen LogP contribution in [0.25, 0.3) is 11.3 Å². The average molecular weight is 328 g/mol. The Labute approximate surface area is 136 Å². The molecule has 1 saturated carbocycles. The lowest BCUT2D eigenvalue weighted by molar-refractivity contribution is 0.0432. The number of esters is 1. The molecule has 0 amide bonds. The van der Waals surface area contributed by atoms with Gasteiger partial charge in [0.1, 0.15) is 12.1 Å². The van der Waals surface area contributed by atoms with E-state index in [-0.39, 0.29) is 24.0 Å². The summed E-state index contributed by atoms with van der Waals surface area (Å²) < 4.78 is 28.8. The van der Waals surface area contributed by atoms with Gasteiger partial charge < -0.3 is 13.6 Å². The summed E-state index contributed by atoms with van der Waals surface area (Å²) >= 11 is 0. The van der Waals surface area contributed by atoms with Crippen molar-refractivity contribution in [2.45, 2.75) is 25.4 Å². The van der Waals surface area contributed by atoms with Gasteiger partial charge in [0, 0.05) is 11.5 Å². The van der Waals surface area contributed by atoms with Crippen LogP contribution >= 0.6 is 0 Å². The first-order chi connectivity index (χ1) is 11.7. The van der Waals surface area contributed by atoms with Crippen LogP contribution in [0.4, 0.5) is 4.39 Å². The maximum absolute atomic E-state index is 12.9. The molecule has 0 radical (unpaired) electrons. The van der Waals surface area contributed by atoms with Gasteiger partial charge in [0.25, 0.3) is 0 Å². The minimum Gasteiger partial charge on any atom is -0.451 e. The van der Waals surface area contributed by atoms with Crippen LogP contribution < -0.4 is 0 Å². The summed E-state index contributed by atoms with van der Waals surface area (Å²) in [6.07, 6.45) is 4.88. The molecule has 24 heavy (non-hydrogen) atoms. The highest BCUT2D eigenvalue weighted by Gasteiger charge is 2.29. The van der Waals surface area contributed by atoms with Crippen LogP contribution in [0.3, 0.4) is 0 Å². The van der Waals surface area contributed by atoms with Crippen molar-refractivity contribution in [1.82, 2.24) is 9.97 Å². The van der Waals surface area contributed by atoms with E-state index in [0.29, 0.717) is 23.1 Å². The number of nitrogens with zero attached hydrogens (tertiary/aromatic N) is 2. The summed E-state index contributed by atoms with van der Waals surface area (Å²) in [5.74, 6) is 0.707. The number of halogens is 1. The number of aromatic nitrogens is 2. The van der Waals surface area contributed by atoms with Crippen LogP contribution in [0.15, 0.2) is 45.6 Å². The molecule has 1 aliphatic rings. The Morgan fingerprint density at radius 2 is 2.08 bits per heavy atom. The minimum atomic E-state index is -0.591. The molecule has 0 unspecified atom stereocenters. The van der Waals surface area contributed by atoms with Gasteiger partial charge in [0.15, 0.2) is 24.0 Å². The molecule has 1 aliphatic carbocycles. The van der Waals surface area contributed by atoms with Gasteiger partial charge in [-0.05, 0) is 37.1 Å². The number of carbonyl (C=O) groups is 1. The molecule has 1 fully saturated rings. The van der Waals surface area contributed by atoms with Gasteiger partial charge in [-0.1, -0.05) is 0 Å². The number of benzene rings is 1. The van der Waals surface area contributed by atoms with Gasteiger partial charge in [0.05, 0.1) is 6.20 Å². The summed E-state index contributed by atoms with van der Waals surface area (Å²) in [5, 5.41) is 0. The molecule has 2 aromatic heterocycles. The zero-order valence-corrected chi connectivity index (χ0v) is 12.6. The first-order valence-corrected chi connectivity index (χ1v) is 7.52. The predicted octanol–water partition coefficient (Wildman–Crippen LogP) is 3.70. The molecular formula is C17H13FN2O4. The molecule has 122 valence electrons. The van der Waals surface area contributed by atoms with Crippen LogP contribution in [0.5, 0.6) is 0 Å². The van der Waals surface area contributed by atoms with Crippen LogP contribution in [0.1, 0.15) is 41.0 Å². The Hall–Kier alpha value is -2.96. The van der Waals surface area contributed by atoms with E-state index in [1.165, 1.54) is 24.6 Å². The van der Waals surface area contributed by atoms with Gasteiger partial charge >= 0.3 is 5.97 Å². The molecule has 4 rings (SSSR count). The molecule has 2 heterocycles. The summed E-state index contributed by atoms with van der Waals surface area (Å²) in [6, 6.07) is 5.83. The molecule has 0 spiro atoms. The van der Waals surface area contributed by atoms with Gasteiger partial charge in [0.2, 0.25) is 5.89 Å². The van der Waals surface area contributed by atoms with Crippen molar-refractivity contribution in [3.8, 4) is 11.3 Å². The number of ether oxygens (including phenoxy) is 1. The van der Waals surface area contributed by atoms with Crippen molar-refractivity contribution >= 4 is 5.97 Å². The highest BCUT2D eigenvalue weighted by molar-refractivity contribution is 5.86. The van der Waals surface area contributed by atoms with E-state index in [1.54, 1.807) is 12.1 Å². The maximum Gasteiger partial charge on any atom is 0.360 e. The zero-order chi connectivity index (χ0) is 16.5. The van der Waals surface area contributed by atoms with E-state index < -0.39 is 5.97 Å². The van der Waals surface area contributed by atoms with E-state index in [2.05, 4.69) is 9.97 Å². The summed E-state index contributed by atoms with van der Waals surface area (Å²) in [5.41, 5.74) is 0.828. The second-order valence-corrected chi connectivity index (χ2v) is 5.55. The molecule has 3 aromatic rings. The lowest BCUT2D eigenvalue weighted by Crippen LogP contribution is -2.06. The quantitative estimate of drug-likeness (QED) is 0.665. The van der Waals surface area contributed by atoms with Gasteiger partial charge in [-0.3, -0.25) is 0 Å². The second kappa shape index (κ2) is 5.92. The normalized spacial score (nSPS) is 13.9. The third-order valence-corrected chi connectivity index (χ3v) is 3.67. The topological polar surface area (TPSA) is 78.4 Å². The summed E-state index contributed by atoms with van der Waals surface area (Å²) in [6.45, 7) is -0.119. The molecule has 0 aliphatic heterocycles. The smallest absolute Gasteiger partial charge is 0.360 e. The van der Waals surface area contributed by atoms with Crippen LogP contribution in [-0.2, 0) is 11.3 Å². The fraction of sp³-hybridized carbons (Fsp3) is 0.235. The van der Waals surface area contributed by atoms with Crippen LogP contribution in [0, 0.1) is 5.82 Å². The molecule has 0 bridgehead atoms.